The molecule has 6 nitrogen and oxygen atoms in total. The van der Waals surface area contributed by atoms with Gasteiger partial charge in [-0.3, -0.25) is 4.98 Å². The van der Waals surface area contributed by atoms with E-state index in [1.165, 1.54) is 37.9 Å². The van der Waals surface area contributed by atoms with Crippen molar-refractivity contribution in [2.75, 3.05) is 30.3 Å². The fraction of sp³-hybridized carbons (Fsp3) is 0.400. The molecule has 2 aromatic heterocycles. The highest BCUT2D eigenvalue weighted by Crippen LogP contribution is 2.36. The van der Waals surface area contributed by atoms with Gasteiger partial charge in [-0.15, -0.1) is 0 Å². The summed E-state index contributed by atoms with van der Waals surface area (Å²) in [7, 11) is 0. The van der Waals surface area contributed by atoms with Crippen molar-refractivity contribution < 1.29 is 0 Å². The topological polar surface area (TPSA) is 66.0 Å². The van der Waals surface area contributed by atoms with Crippen LogP contribution in [-0.2, 0) is 12.8 Å². The maximum atomic E-state index is 6.23. The quantitative estimate of drug-likeness (QED) is 0.419. The molecule has 4 heterocycles. The van der Waals surface area contributed by atoms with Crippen molar-refractivity contribution in [2.24, 2.45) is 0 Å². The lowest BCUT2D eigenvalue weighted by Gasteiger charge is -2.26. The maximum Gasteiger partial charge on any atom is 0.227 e. The standard InChI is InChI=1S/C25H29ClN6S/c1-16-21(11-17(14-27-16)7-10-32-8-3-2-4-9-32)30-25-28-15-18-12-23(33)29-22-13-19(26)5-6-20(22)24(18)31-25/h5-6,11,13-15,23,29,33H,2-4,7-10,12H2,1H3,(H,28,30,31). The second-order valence-electron chi connectivity index (χ2n) is 8.88. The van der Waals surface area contributed by atoms with Crippen LogP contribution < -0.4 is 10.6 Å². The molecule has 1 saturated heterocycles. The summed E-state index contributed by atoms with van der Waals surface area (Å²) in [6.45, 7) is 5.51. The van der Waals surface area contributed by atoms with Crippen LogP contribution in [-0.4, -0.2) is 44.9 Å². The first-order chi connectivity index (χ1) is 16.0. The fourth-order valence-corrected chi connectivity index (χ4v) is 5.07. The van der Waals surface area contributed by atoms with E-state index in [-0.39, 0.29) is 5.37 Å². The molecule has 2 N–H and O–H groups in total. The van der Waals surface area contributed by atoms with Gasteiger partial charge in [0, 0.05) is 41.6 Å². The lowest BCUT2D eigenvalue weighted by molar-refractivity contribution is 0.231. The molecule has 3 aromatic rings. The molecule has 172 valence electrons. The molecule has 0 saturated carbocycles. The van der Waals surface area contributed by atoms with E-state index in [2.05, 4.69) is 44.2 Å². The summed E-state index contributed by atoms with van der Waals surface area (Å²) in [4.78, 5) is 16.7. The van der Waals surface area contributed by atoms with Gasteiger partial charge in [-0.25, -0.2) is 9.97 Å². The first-order valence-electron chi connectivity index (χ1n) is 11.6. The van der Waals surface area contributed by atoms with E-state index in [0.29, 0.717) is 11.0 Å². The molecule has 0 spiro atoms. The lowest BCUT2D eigenvalue weighted by Crippen LogP contribution is -2.31. The average Bonchev–Trinajstić information content (AvgIpc) is 2.95. The van der Waals surface area contributed by atoms with E-state index >= 15 is 0 Å². The van der Waals surface area contributed by atoms with E-state index in [9.17, 15) is 0 Å². The summed E-state index contributed by atoms with van der Waals surface area (Å²) in [5.74, 6) is 0.561. The minimum atomic E-state index is -0.0334. The van der Waals surface area contributed by atoms with Crippen molar-refractivity contribution in [3.8, 4) is 11.3 Å². The summed E-state index contributed by atoms with van der Waals surface area (Å²) in [5, 5.41) is 7.47. The number of halogens is 1. The Balaban J connectivity index is 1.39. The van der Waals surface area contributed by atoms with Crippen LogP contribution in [0.25, 0.3) is 11.3 Å². The molecule has 5 rings (SSSR count). The van der Waals surface area contributed by atoms with E-state index in [4.69, 9.17) is 16.6 Å². The summed E-state index contributed by atoms with van der Waals surface area (Å²) in [6.07, 6.45) is 9.58. The van der Waals surface area contributed by atoms with Gasteiger partial charge in [-0.1, -0.05) is 18.0 Å². The number of fused-ring (bicyclic) bond motifs is 3. The molecule has 2 aliphatic heterocycles. The van der Waals surface area contributed by atoms with Gasteiger partial charge in [0.05, 0.1) is 22.4 Å². The zero-order valence-corrected chi connectivity index (χ0v) is 20.5. The third kappa shape index (κ3) is 5.26. The number of piperidine rings is 1. The molecular weight excluding hydrogens is 452 g/mol. The summed E-state index contributed by atoms with van der Waals surface area (Å²) < 4.78 is 0. The third-order valence-corrected chi connectivity index (χ3v) is 6.94. The molecule has 1 aromatic carbocycles. The molecule has 8 heteroatoms. The molecule has 2 aliphatic rings. The van der Waals surface area contributed by atoms with Crippen molar-refractivity contribution >= 4 is 41.6 Å². The molecule has 0 radical (unpaired) electrons. The van der Waals surface area contributed by atoms with Crippen molar-refractivity contribution in [1.82, 2.24) is 19.9 Å². The predicted molar refractivity (Wildman–Crippen MR) is 139 cm³/mol. The predicted octanol–water partition coefficient (Wildman–Crippen LogP) is 5.50. The second kappa shape index (κ2) is 9.87. The minimum Gasteiger partial charge on any atom is -0.373 e. The number of hydrogen-bond acceptors (Lipinski definition) is 7. The number of rotatable bonds is 5. The number of likely N-dealkylation sites (tertiary alicyclic amines) is 1. The molecule has 1 atom stereocenters. The Morgan fingerprint density at radius 2 is 2.00 bits per heavy atom. The highest BCUT2D eigenvalue weighted by molar-refractivity contribution is 7.81. The number of thiol groups is 1. The maximum absolute atomic E-state index is 6.23. The molecule has 33 heavy (non-hydrogen) atoms. The number of nitrogens with one attached hydrogen (secondary N) is 2. The Hall–Kier alpha value is -2.35. The van der Waals surface area contributed by atoms with Crippen LogP contribution in [0.5, 0.6) is 0 Å². The van der Waals surface area contributed by atoms with Crippen molar-refractivity contribution in [3.63, 3.8) is 0 Å². The average molecular weight is 481 g/mol. The van der Waals surface area contributed by atoms with E-state index < -0.39 is 0 Å². The monoisotopic (exact) mass is 480 g/mol. The first kappa shape index (κ1) is 22.4. The fourth-order valence-electron chi connectivity index (χ4n) is 4.56. The normalized spacial score (nSPS) is 18.1. The van der Waals surface area contributed by atoms with E-state index in [0.717, 1.165) is 53.3 Å². The Morgan fingerprint density at radius 1 is 1.15 bits per heavy atom. The molecular formula is C25H29ClN6S. The van der Waals surface area contributed by atoms with Crippen LogP contribution >= 0.6 is 24.2 Å². The highest BCUT2D eigenvalue weighted by atomic mass is 35.5. The zero-order chi connectivity index (χ0) is 22.8. The van der Waals surface area contributed by atoms with E-state index in [1.54, 1.807) is 0 Å². The van der Waals surface area contributed by atoms with Crippen molar-refractivity contribution in [2.45, 2.75) is 44.4 Å². The van der Waals surface area contributed by atoms with Crippen LogP contribution in [0.3, 0.4) is 0 Å². The number of aromatic nitrogens is 3. The van der Waals surface area contributed by atoms with Crippen LogP contribution in [0.1, 0.15) is 36.1 Å². The van der Waals surface area contributed by atoms with Gasteiger partial charge in [0.25, 0.3) is 0 Å². The first-order valence-corrected chi connectivity index (χ1v) is 12.5. The Kier molecular flexibility index (Phi) is 6.71. The summed E-state index contributed by atoms with van der Waals surface area (Å²) in [6, 6.07) is 7.99. The van der Waals surface area contributed by atoms with Gasteiger partial charge in [0.2, 0.25) is 5.95 Å². The largest absolute Gasteiger partial charge is 0.373 e. The van der Waals surface area contributed by atoms with Crippen LogP contribution in [0.15, 0.2) is 36.7 Å². The number of hydrogen-bond donors (Lipinski definition) is 3. The number of benzene rings is 1. The van der Waals surface area contributed by atoms with Crippen LogP contribution in [0.2, 0.25) is 5.02 Å². The van der Waals surface area contributed by atoms with Crippen molar-refractivity contribution in [3.05, 3.63) is 58.5 Å². The molecule has 0 aliphatic carbocycles. The molecule has 1 unspecified atom stereocenters. The number of pyridine rings is 1. The lowest BCUT2D eigenvalue weighted by atomic mass is 10.1. The summed E-state index contributed by atoms with van der Waals surface area (Å²) >= 11 is 10.9. The van der Waals surface area contributed by atoms with Gasteiger partial charge >= 0.3 is 0 Å². The number of aryl methyl sites for hydroxylation is 1. The smallest absolute Gasteiger partial charge is 0.227 e. The molecule has 1 fully saturated rings. The Labute approximate surface area is 205 Å². The number of nitrogens with zero attached hydrogens (tertiary/aromatic N) is 4. The zero-order valence-electron chi connectivity index (χ0n) is 18.8. The van der Waals surface area contributed by atoms with Crippen molar-refractivity contribution in [1.29, 1.82) is 0 Å². The minimum absolute atomic E-state index is 0.0334. The second-order valence-corrected chi connectivity index (χ2v) is 9.94. The van der Waals surface area contributed by atoms with Gasteiger partial charge in [0.15, 0.2) is 0 Å². The van der Waals surface area contributed by atoms with Gasteiger partial charge in [0.1, 0.15) is 0 Å². The molecule has 0 bridgehead atoms. The SMILES string of the molecule is Cc1ncc(CCN2CCCCC2)cc1Nc1ncc2c(n1)-c1ccc(Cl)cc1NC(S)C2. The Morgan fingerprint density at radius 3 is 2.85 bits per heavy atom. The van der Waals surface area contributed by atoms with E-state index in [1.807, 2.05) is 37.5 Å². The van der Waals surface area contributed by atoms with Gasteiger partial charge < -0.3 is 15.5 Å². The molecule has 0 amide bonds. The van der Waals surface area contributed by atoms with Crippen LogP contribution in [0, 0.1) is 6.92 Å². The Bertz CT molecular complexity index is 1150. The highest BCUT2D eigenvalue weighted by Gasteiger charge is 2.21. The third-order valence-electron chi connectivity index (χ3n) is 6.39. The summed E-state index contributed by atoms with van der Waals surface area (Å²) in [5.41, 5.74) is 6.99. The van der Waals surface area contributed by atoms with Gasteiger partial charge in [-0.2, -0.15) is 12.6 Å². The van der Waals surface area contributed by atoms with Gasteiger partial charge in [-0.05, 0) is 74.7 Å². The number of anilines is 3. The van der Waals surface area contributed by atoms with Crippen LogP contribution in [0.4, 0.5) is 17.3 Å².